The van der Waals surface area contributed by atoms with E-state index in [0.29, 0.717) is 5.56 Å². The minimum Gasteiger partial charge on any atom is -0.325 e. The van der Waals surface area contributed by atoms with Crippen LogP contribution in [0.25, 0.3) is 0 Å². The highest BCUT2D eigenvalue weighted by molar-refractivity contribution is 5.87. The zero-order valence-corrected chi connectivity index (χ0v) is 10.9. The predicted octanol–water partition coefficient (Wildman–Crippen LogP) is 2.70. The van der Waals surface area contributed by atoms with Crippen molar-refractivity contribution >= 4 is 5.78 Å². The molecule has 1 aromatic rings. The number of nitrogens with two attached hydrogens (primary N) is 1. The van der Waals surface area contributed by atoms with Crippen LogP contribution in [0.15, 0.2) is 24.3 Å². The Hall–Kier alpha value is -1.22. The first-order valence-corrected chi connectivity index (χ1v) is 5.71. The predicted molar refractivity (Wildman–Crippen MR) is 67.2 cm³/mol. The van der Waals surface area contributed by atoms with Crippen LogP contribution in [0, 0.1) is 11.2 Å². The van der Waals surface area contributed by atoms with Crippen LogP contribution in [0.4, 0.5) is 4.39 Å². The Morgan fingerprint density at radius 3 is 2.35 bits per heavy atom. The second-order valence-electron chi connectivity index (χ2n) is 5.58. The highest BCUT2D eigenvalue weighted by Crippen LogP contribution is 2.30. The van der Waals surface area contributed by atoms with Gasteiger partial charge in [0.1, 0.15) is 11.6 Å². The zero-order chi connectivity index (χ0) is 13.3. The molecule has 0 aromatic heterocycles. The highest BCUT2D eigenvalue weighted by Gasteiger charge is 2.39. The Balaban J connectivity index is 2.87. The molecule has 1 rings (SSSR count). The number of ketones is 1. The molecule has 17 heavy (non-hydrogen) atoms. The van der Waals surface area contributed by atoms with Gasteiger partial charge in [0.05, 0.1) is 0 Å². The van der Waals surface area contributed by atoms with Gasteiger partial charge in [-0.2, -0.15) is 0 Å². The molecule has 0 heterocycles. The topological polar surface area (TPSA) is 43.1 Å². The normalized spacial score (nSPS) is 12.6. The van der Waals surface area contributed by atoms with E-state index in [1.165, 1.54) is 12.1 Å². The lowest BCUT2D eigenvalue weighted by Crippen LogP contribution is -2.52. The summed E-state index contributed by atoms with van der Waals surface area (Å²) in [4.78, 5) is 12.2. The summed E-state index contributed by atoms with van der Waals surface area (Å²) in [5.74, 6) is -0.296. The van der Waals surface area contributed by atoms with E-state index in [1.54, 1.807) is 12.1 Å². The molecule has 0 aliphatic rings. The maximum absolute atomic E-state index is 13.0. The molecule has 0 amide bonds. The molecule has 3 heteroatoms. The molecule has 0 saturated carbocycles. The summed E-state index contributed by atoms with van der Waals surface area (Å²) >= 11 is 0. The molecule has 94 valence electrons. The minimum atomic E-state index is -0.640. The first-order valence-electron chi connectivity index (χ1n) is 5.71. The molecule has 0 aliphatic heterocycles. The SMILES string of the molecule is CC(C)(N)C(C)(C)C(=O)Cc1cccc(F)c1. The molecule has 2 N–H and O–H groups in total. The van der Waals surface area contributed by atoms with Crippen LogP contribution in [-0.2, 0) is 11.2 Å². The maximum Gasteiger partial charge on any atom is 0.144 e. The molecular weight excluding hydrogens is 217 g/mol. The van der Waals surface area contributed by atoms with Gasteiger partial charge in [-0.25, -0.2) is 4.39 Å². The van der Waals surface area contributed by atoms with Gasteiger partial charge in [-0.05, 0) is 31.5 Å². The van der Waals surface area contributed by atoms with Crippen molar-refractivity contribution in [2.75, 3.05) is 0 Å². The second kappa shape index (κ2) is 4.57. The Morgan fingerprint density at radius 2 is 1.88 bits per heavy atom. The van der Waals surface area contributed by atoms with Gasteiger partial charge in [0.2, 0.25) is 0 Å². The summed E-state index contributed by atoms with van der Waals surface area (Å²) in [7, 11) is 0. The standard InChI is InChI=1S/C14H20FNO/c1-13(2,14(3,4)16)12(17)9-10-6-5-7-11(15)8-10/h5-8H,9,16H2,1-4H3. The average molecular weight is 237 g/mol. The molecule has 0 fully saturated rings. The number of carbonyl (C=O) groups excluding carboxylic acids is 1. The molecule has 0 aliphatic carbocycles. The van der Waals surface area contributed by atoms with Crippen LogP contribution in [0.1, 0.15) is 33.3 Å². The number of carbonyl (C=O) groups is 1. The number of hydrogen-bond donors (Lipinski definition) is 1. The van der Waals surface area contributed by atoms with E-state index < -0.39 is 11.0 Å². The average Bonchev–Trinajstić information content (AvgIpc) is 2.15. The van der Waals surface area contributed by atoms with Gasteiger partial charge in [-0.3, -0.25) is 4.79 Å². The smallest absolute Gasteiger partial charge is 0.144 e. The van der Waals surface area contributed by atoms with Gasteiger partial charge in [0.15, 0.2) is 0 Å². The molecule has 0 saturated heterocycles. The molecule has 0 bridgehead atoms. The second-order valence-corrected chi connectivity index (χ2v) is 5.58. The van der Waals surface area contributed by atoms with Gasteiger partial charge in [0.25, 0.3) is 0 Å². The van der Waals surface area contributed by atoms with E-state index in [2.05, 4.69) is 0 Å². The van der Waals surface area contributed by atoms with Crippen LogP contribution in [0.5, 0.6) is 0 Å². The lowest BCUT2D eigenvalue weighted by Gasteiger charge is -2.37. The summed E-state index contributed by atoms with van der Waals surface area (Å²) in [6.45, 7) is 7.32. The molecule has 2 nitrogen and oxygen atoms in total. The van der Waals surface area contributed by atoms with E-state index >= 15 is 0 Å². The molecule has 0 spiro atoms. The van der Waals surface area contributed by atoms with Gasteiger partial charge in [-0.1, -0.05) is 26.0 Å². The third-order valence-electron chi connectivity index (χ3n) is 3.56. The third kappa shape index (κ3) is 3.13. The molecule has 0 radical (unpaired) electrons. The number of Topliss-reactive ketones (excluding diaryl/α,β-unsaturated/α-hetero) is 1. The zero-order valence-electron chi connectivity index (χ0n) is 10.9. The number of rotatable bonds is 4. The van der Waals surface area contributed by atoms with E-state index in [4.69, 9.17) is 5.73 Å². The molecular formula is C14H20FNO. The monoisotopic (exact) mass is 237 g/mol. The van der Waals surface area contributed by atoms with E-state index in [0.717, 1.165) is 0 Å². The van der Waals surface area contributed by atoms with E-state index in [-0.39, 0.29) is 18.0 Å². The van der Waals surface area contributed by atoms with Gasteiger partial charge in [0, 0.05) is 17.4 Å². The number of halogens is 1. The van der Waals surface area contributed by atoms with Crippen molar-refractivity contribution in [3.63, 3.8) is 0 Å². The number of benzene rings is 1. The Morgan fingerprint density at radius 1 is 1.29 bits per heavy atom. The Kier molecular flexibility index (Phi) is 3.72. The van der Waals surface area contributed by atoms with Gasteiger partial charge in [-0.15, -0.1) is 0 Å². The van der Waals surface area contributed by atoms with Crippen molar-refractivity contribution in [3.05, 3.63) is 35.6 Å². The van der Waals surface area contributed by atoms with Crippen molar-refractivity contribution in [3.8, 4) is 0 Å². The Labute approximate surface area is 102 Å². The molecule has 0 atom stereocenters. The summed E-state index contributed by atoms with van der Waals surface area (Å²) < 4.78 is 13.0. The lowest BCUT2D eigenvalue weighted by atomic mass is 9.71. The van der Waals surface area contributed by atoms with Crippen molar-refractivity contribution < 1.29 is 9.18 Å². The first kappa shape index (κ1) is 13.8. The van der Waals surface area contributed by atoms with Crippen LogP contribution >= 0.6 is 0 Å². The largest absolute Gasteiger partial charge is 0.325 e. The first-order chi connectivity index (χ1) is 7.64. The minimum absolute atomic E-state index is 0.0237. The van der Waals surface area contributed by atoms with Gasteiger partial charge >= 0.3 is 0 Å². The van der Waals surface area contributed by atoms with E-state index in [1.807, 2.05) is 27.7 Å². The quantitative estimate of drug-likeness (QED) is 0.875. The molecule has 1 aromatic carbocycles. The lowest BCUT2D eigenvalue weighted by molar-refractivity contribution is -0.129. The fourth-order valence-electron chi connectivity index (χ4n) is 1.41. The van der Waals surface area contributed by atoms with Crippen molar-refractivity contribution in [2.45, 2.75) is 39.7 Å². The van der Waals surface area contributed by atoms with Crippen LogP contribution in [0.3, 0.4) is 0 Å². The fraction of sp³-hybridized carbons (Fsp3) is 0.500. The summed E-state index contributed by atoms with van der Waals surface area (Å²) in [5.41, 5.74) is 5.45. The van der Waals surface area contributed by atoms with Crippen molar-refractivity contribution in [1.82, 2.24) is 0 Å². The van der Waals surface area contributed by atoms with Crippen LogP contribution in [-0.4, -0.2) is 11.3 Å². The summed E-state index contributed by atoms with van der Waals surface area (Å²) in [6, 6.07) is 6.11. The highest BCUT2D eigenvalue weighted by atomic mass is 19.1. The fourth-order valence-corrected chi connectivity index (χ4v) is 1.41. The third-order valence-corrected chi connectivity index (χ3v) is 3.56. The van der Waals surface area contributed by atoms with E-state index in [9.17, 15) is 9.18 Å². The van der Waals surface area contributed by atoms with Crippen molar-refractivity contribution in [1.29, 1.82) is 0 Å². The summed E-state index contributed by atoms with van der Waals surface area (Å²) in [5, 5.41) is 0. The maximum atomic E-state index is 13.0. The Bertz CT molecular complexity index is 418. The van der Waals surface area contributed by atoms with Crippen molar-refractivity contribution in [2.24, 2.45) is 11.1 Å². The van der Waals surface area contributed by atoms with Gasteiger partial charge < -0.3 is 5.73 Å². The number of hydrogen-bond acceptors (Lipinski definition) is 2. The van der Waals surface area contributed by atoms with Crippen LogP contribution in [0.2, 0.25) is 0 Å². The molecule has 0 unspecified atom stereocenters. The van der Waals surface area contributed by atoms with Crippen LogP contribution < -0.4 is 5.73 Å². The summed E-state index contributed by atoms with van der Waals surface area (Å²) in [6.07, 6.45) is 0.214.